The second-order valence-electron chi connectivity index (χ2n) is 6.31. The molecule has 2 N–H and O–H groups in total. The lowest BCUT2D eigenvalue weighted by Crippen LogP contribution is -2.19. The summed E-state index contributed by atoms with van der Waals surface area (Å²) >= 11 is 0. The Bertz CT molecular complexity index is 642. The lowest BCUT2D eigenvalue weighted by atomic mass is 9.95. The summed E-state index contributed by atoms with van der Waals surface area (Å²) in [6.45, 7) is 10.5. The summed E-state index contributed by atoms with van der Waals surface area (Å²) in [7, 11) is 1.89. The van der Waals surface area contributed by atoms with Crippen molar-refractivity contribution in [2.75, 3.05) is 17.7 Å². The minimum Gasteiger partial charge on any atom is -0.373 e. The summed E-state index contributed by atoms with van der Waals surface area (Å²) in [5.41, 5.74) is 3.19. The molecular formula is C17H24N4. The monoisotopic (exact) mass is 284 g/mol. The van der Waals surface area contributed by atoms with Gasteiger partial charge in [0.25, 0.3) is 0 Å². The van der Waals surface area contributed by atoms with Gasteiger partial charge in [0.15, 0.2) is 0 Å². The van der Waals surface area contributed by atoms with Crippen LogP contribution in [0.2, 0.25) is 0 Å². The molecule has 1 aromatic carbocycles. The fraction of sp³-hybridized carbons (Fsp3) is 0.412. The van der Waals surface area contributed by atoms with Gasteiger partial charge in [-0.1, -0.05) is 39.0 Å². The average Bonchev–Trinajstić information content (AvgIpc) is 2.42. The van der Waals surface area contributed by atoms with E-state index in [1.807, 2.05) is 26.1 Å². The predicted octanol–water partition coefficient (Wildman–Crippen LogP) is 4.18. The van der Waals surface area contributed by atoms with E-state index < -0.39 is 0 Å². The number of nitrogens with one attached hydrogen (secondary N) is 2. The highest BCUT2D eigenvalue weighted by Crippen LogP contribution is 2.28. The van der Waals surface area contributed by atoms with Gasteiger partial charge in [-0.25, -0.2) is 9.97 Å². The van der Waals surface area contributed by atoms with Crippen LogP contribution in [0.5, 0.6) is 0 Å². The van der Waals surface area contributed by atoms with Gasteiger partial charge in [0.1, 0.15) is 17.5 Å². The van der Waals surface area contributed by atoms with E-state index in [4.69, 9.17) is 4.98 Å². The lowest BCUT2D eigenvalue weighted by molar-refractivity contribution is 0.546. The van der Waals surface area contributed by atoms with Crippen molar-refractivity contribution in [1.29, 1.82) is 0 Å². The number of rotatable bonds is 3. The zero-order valence-electron chi connectivity index (χ0n) is 13.7. The summed E-state index contributed by atoms with van der Waals surface area (Å²) in [5.74, 6) is 2.55. The van der Waals surface area contributed by atoms with Gasteiger partial charge in [-0.05, 0) is 25.5 Å². The number of anilines is 3. The van der Waals surface area contributed by atoms with Crippen LogP contribution in [-0.4, -0.2) is 17.0 Å². The molecule has 0 radical (unpaired) electrons. The molecule has 2 rings (SSSR count). The van der Waals surface area contributed by atoms with E-state index in [0.29, 0.717) is 0 Å². The van der Waals surface area contributed by atoms with Crippen LogP contribution in [0.15, 0.2) is 24.3 Å². The number of aromatic nitrogens is 2. The Balaban J connectivity index is 2.50. The van der Waals surface area contributed by atoms with Crippen LogP contribution in [0.1, 0.15) is 37.7 Å². The Morgan fingerprint density at radius 3 is 2.14 bits per heavy atom. The molecule has 0 fully saturated rings. The molecule has 2 aromatic rings. The Morgan fingerprint density at radius 2 is 1.57 bits per heavy atom. The molecule has 1 aromatic heterocycles. The molecule has 0 aliphatic rings. The fourth-order valence-corrected chi connectivity index (χ4v) is 2.06. The molecule has 0 saturated carbocycles. The van der Waals surface area contributed by atoms with E-state index in [1.165, 1.54) is 5.56 Å². The number of benzene rings is 1. The van der Waals surface area contributed by atoms with E-state index in [1.54, 1.807) is 0 Å². The van der Waals surface area contributed by atoms with Crippen LogP contribution in [-0.2, 0) is 5.41 Å². The van der Waals surface area contributed by atoms with Gasteiger partial charge in [-0.15, -0.1) is 0 Å². The van der Waals surface area contributed by atoms with Crippen LogP contribution in [0, 0.1) is 13.8 Å². The average molecular weight is 284 g/mol. The van der Waals surface area contributed by atoms with E-state index in [-0.39, 0.29) is 5.41 Å². The molecule has 112 valence electrons. The van der Waals surface area contributed by atoms with Crippen molar-refractivity contribution >= 4 is 17.3 Å². The van der Waals surface area contributed by atoms with Gasteiger partial charge >= 0.3 is 0 Å². The predicted molar refractivity (Wildman–Crippen MR) is 89.5 cm³/mol. The van der Waals surface area contributed by atoms with Crippen LogP contribution in [0.4, 0.5) is 17.3 Å². The first-order valence-electron chi connectivity index (χ1n) is 7.22. The van der Waals surface area contributed by atoms with Crippen molar-refractivity contribution in [2.24, 2.45) is 0 Å². The van der Waals surface area contributed by atoms with Gasteiger partial charge < -0.3 is 10.6 Å². The Hall–Kier alpha value is -2.10. The highest BCUT2D eigenvalue weighted by atomic mass is 15.1. The third-order valence-electron chi connectivity index (χ3n) is 3.45. The first kappa shape index (κ1) is 15.3. The van der Waals surface area contributed by atoms with Crippen molar-refractivity contribution in [3.8, 4) is 0 Å². The number of aryl methyl sites for hydroxylation is 1. The molecule has 4 heteroatoms. The quantitative estimate of drug-likeness (QED) is 0.888. The number of hydrogen-bond donors (Lipinski definition) is 2. The fourth-order valence-electron chi connectivity index (χ4n) is 2.06. The molecule has 0 amide bonds. The van der Waals surface area contributed by atoms with Crippen molar-refractivity contribution < 1.29 is 0 Å². The molecule has 21 heavy (non-hydrogen) atoms. The van der Waals surface area contributed by atoms with E-state index in [9.17, 15) is 0 Å². The zero-order valence-corrected chi connectivity index (χ0v) is 13.7. The molecular weight excluding hydrogens is 260 g/mol. The second kappa shape index (κ2) is 5.72. The maximum Gasteiger partial charge on any atom is 0.139 e. The largest absolute Gasteiger partial charge is 0.373 e. The highest BCUT2D eigenvalue weighted by Gasteiger charge is 2.21. The topological polar surface area (TPSA) is 49.8 Å². The number of hydrogen-bond acceptors (Lipinski definition) is 4. The Kier molecular flexibility index (Phi) is 4.16. The van der Waals surface area contributed by atoms with Crippen LogP contribution >= 0.6 is 0 Å². The van der Waals surface area contributed by atoms with E-state index in [0.717, 1.165) is 28.7 Å². The summed E-state index contributed by atoms with van der Waals surface area (Å²) in [6, 6.07) is 8.21. The first-order valence-corrected chi connectivity index (χ1v) is 7.22. The molecule has 0 unspecified atom stereocenters. The summed E-state index contributed by atoms with van der Waals surface area (Å²) in [4.78, 5) is 9.35. The molecule has 1 heterocycles. The van der Waals surface area contributed by atoms with E-state index in [2.05, 4.69) is 55.4 Å². The van der Waals surface area contributed by atoms with Crippen molar-refractivity contribution in [2.45, 2.75) is 40.0 Å². The van der Waals surface area contributed by atoms with Gasteiger partial charge in [0.2, 0.25) is 0 Å². The molecule has 0 atom stereocenters. The molecule has 0 bridgehead atoms. The molecule has 0 aliphatic heterocycles. The standard InChI is InChI=1S/C17H24N4/c1-11-9-7-8-10-13(11)19-15-12(2)14(18-6)20-16(21-15)17(3,4)5/h7-10H,1-6H3,(H2,18,19,20,21). The Labute approximate surface area is 127 Å². The third-order valence-corrected chi connectivity index (χ3v) is 3.45. The molecule has 4 nitrogen and oxygen atoms in total. The normalized spacial score (nSPS) is 11.3. The van der Waals surface area contributed by atoms with Crippen molar-refractivity contribution in [3.05, 3.63) is 41.2 Å². The van der Waals surface area contributed by atoms with Crippen LogP contribution < -0.4 is 10.6 Å². The van der Waals surface area contributed by atoms with Gasteiger partial charge in [0, 0.05) is 23.7 Å². The molecule has 0 aliphatic carbocycles. The first-order chi connectivity index (χ1) is 9.82. The van der Waals surface area contributed by atoms with Crippen molar-refractivity contribution in [1.82, 2.24) is 9.97 Å². The van der Waals surface area contributed by atoms with Gasteiger partial charge in [-0.3, -0.25) is 0 Å². The minimum absolute atomic E-state index is 0.0958. The summed E-state index contributed by atoms with van der Waals surface area (Å²) in [6.07, 6.45) is 0. The maximum absolute atomic E-state index is 4.73. The second-order valence-corrected chi connectivity index (χ2v) is 6.31. The minimum atomic E-state index is -0.0958. The maximum atomic E-state index is 4.73. The molecule has 0 spiro atoms. The van der Waals surface area contributed by atoms with Gasteiger partial charge in [-0.2, -0.15) is 0 Å². The van der Waals surface area contributed by atoms with Crippen LogP contribution in [0.25, 0.3) is 0 Å². The SMILES string of the molecule is CNc1nc(C(C)(C)C)nc(Nc2ccccc2C)c1C. The number of nitrogens with zero attached hydrogens (tertiary/aromatic N) is 2. The summed E-state index contributed by atoms with van der Waals surface area (Å²) in [5, 5.41) is 6.59. The smallest absolute Gasteiger partial charge is 0.139 e. The molecule has 0 saturated heterocycles. The summed E-state index contributed by atoms with van der Waals surface area (Å²) < 4.78 is 0. The van der Waals surface area contributed by atoms with E-state index >= 15 is 0 Å². The highest BCUT2D eigenvalue weighted by molar-refractivity contribution is 5.66. The van der Waals surface area contributed by atoms with Gasteiger partial charge in [0.05, 0.1) is 0 Å². The Morgan fingerprint density at radius 1 is 0.952 bits per heavy atom. The third kappa shape index (κ3) is 3.32. The number of para-hydroxylation sites is 1. The van der Waals surface area contributed by atoms with Crippen molar-refractivity contribution in [3.63, 3.8) is 0 Å². The zero-order chi connectivity index (χ0) is 15.6. The van der Waals surface area contributed by atoms with Crippen LogP contribution in [0.3, 0.4) is 0 Å². The lowest BCUT2D eigenvalue weighted by Gasteiger charge is -2.21.